The summed E-state index contributed by atoms with van der Waals surface area (Å²) in [6.07, 6.45) is 5.56. The zero-order valence-electron chi connectivity index (χ0n) is 81.0. The van der Waals surface area contributed by atoms with Crippen molar-refractivity contribution < 1.29 is 0 Å². The van der Waals surface area contributed by atoms with Gasteiger partial charge in [0, 0.05) is 123 Å². The van der Waals surface area contributed by atoms with Crippen LogP contribution >= 0.6 is 0 Å². The van der Waals surface area contributed by atoms with Gasteiger partial charge in [0.2, 0.25) is 5.95 Å². The van der Waals surface area contributed by atoms with E-state index in [1.165, 1.54) is 148 Å². The van der Waals surface area contributed by atoms with Gasteiger partial charge in [0.15, 0.2) is 11.6 Å². The first-order valence-corrected chi connectivity index (χ1v) is 50.4. The molecule has 11 heteroatoms. The van der Waals surface area contributed by atoms with E-state index in [1.807, 2.05) is 55.0 Å². The highest BCUT2D eigenvalue weighted by atomic mass is 15.2. The molecule has 0 unspecified atom stereocenters. The summed E-state index contributed by atoms with van der Waals surface area (Å²) in [5.74, 6) is 2.07. The molecular weight excluding hydrogens is 1810 g/mol. The van der Waals surface area contributed by atoms with Crippen molar-refractivity contribution in [2.75, 3.05) is 0 Å². The first kappa shape index (κ1) is 87.8. The minimum atomic E-state index is 0.656. The fraction of sp³-hybridized carbons (Fsp3) is 0. The quantitative estimate of drug-likeness (QED) is 0.0955. The van der Waals surface area contributed by atoms with Crippen LogP contribution in [0.2, 0.25) is 0 Å². The van der Waals surface area contributed by atoms with E-state index in [0.29, 0.717) is 17.6 Å². The second-order valence-electron chi connectivity index (χ2n) is 37.7. The standard InChI is InChI=1S/C52H34N4.C46H30N4.C40H27N3/c1-3-12-35(13-4-1)36-22-24-37(25-23-36)47-30-31-53-52(54-47)40-14-11-17-42(32-40)56-49-21-10-8-19-44(49)46-34-39(27-29-51(46)56)38-26-28-50-45(33-38)43-18-7-9-20-48(43)55(50)41-15-5-2-6-16-41;1-3-11-31(12-4-1)32-19-21-33(22-20-32)41-27-28-47-46(48-41)50-43-18-10-8-16-38(43)40-30-35(24-26-45(40)50)34-23-25-44-39(29-34)37-15-7-9-17-42(37)49(44)36-13-5-2-6-14-36;1-2-9-28(10-3-1)29-17-19-30(20-18-29)32-11-8-12-33(27-32)37-25-26-41-40(42-37)31-21-23-34(24-22-31)43-38-15-6-4-13-35(38)36-14-5-7-16-39(36)43/h1-34H;1-30H;1-27H. The Morgan fingerprint density at radius 1 is 0.121 bits per heavy atom. The fourth-order valence-electron chi connectivity index (χ4n) is 21.8. The Labute approximate surface area is 860 Å². The molecule has 0 bridgehead atoms. The van der Waals surface area contributed by atoms with Crippen LogP contribution < -0.4 is 0 Å². The van der Waals surface area contributed by atoms with Crippen molar-refractivity contribution in [1.29, 1.82) is 0 Å². The van der Waals surface area contributed by atoms with Crippen LogP contribution in [0.5, 0.6) is 0 Å². The molecule has 8 aromatic heterocycles. The molecule has 8 heterocycles. The average molecular weight is 1900 g/mol. The summed E-state index contributed by atoms with van der Waals surface area (Å²) in [5, 5.41) is 12.3. The van der Waals surface area contributed by atoms with E-state index in [9.17, 15) is 0 Å². The SMILES string of the molecule is c1ccc(-c2ccc(-c3cccc(-c4ccnc(-c5ccc(-n6c7ccccc7c7ccccc76)cc5)n4)c3)cc2)cc1.c1ccc(-c2ccc(-c3ccnc(-c4cccc(-n5c6ccccc6c6cc(-c7ccc8c(c7)c7ccccc7n8-c7ccccc7)ccc65)c4)n3)cc2)cc1.c1ccc(-c2ccc(-c3ccnc(-n4c5ccccc5c5cc(-c6ccc7c(c6)c6ccccc6n7-c6ccccc6)ccc54)n3)cc2)cc1. The Kier molecular flexibility index (Phi) is 22.4. The van der Waals surface area contributed by atoms with Gasteiger partial charge >= 0.3 is 0 Å². The number of fused-ring (bicyclic) bond motifs is 15. The van der Waals surface area contributed by atoms with Crippen LogP contribution in [-0.4, -0.2) is 52.7 Å². The van der Waals surface area contributed by atoms with Crippen LogP contribution in [0.1, 0.15) is 0 Å². The van der Waals surface area contributed by atoms with E-state index in [1.54, 1.807) is 0 Å². The first-order valence-electron chi connectivity index (χ1n) is 50.4. The molecule has 21 aromatic carbocycles. The summed E-state index contributed by atoms with van der Waals surface area (Å²) in [5.41, 5.74) is 38.3. The fourth-order valence-corrected chi connectivity index (χ4v) is 21.8. The van der Waals surface area contributed by atoms with Crippen molar-refractivity contribution in [2.24, 2.45) is 0 Å². The molecule has 0 amide bonds. The van der Waals surface area contributed by atoms with Gasteiger partial charge in [-0.05, 0) is 237 Å². The molecule has 149 heavy (non-hydrogen) atoms. The zero-order valence-corrected chi connectivity index (χ0v) is 81.0. The number of nitrogens with zero attached hydrogens (tertiary/aromatic N) is 11. The van der Waals surface area contributed by atoms with Crippen LogP contribution in [0.15, 0.2) is 552 Å². The predicted molar refractivity (Wildman–Crippen MR) is 618 cm³/mol. The van der Waals surface area contributed by atoms with Crippen LogP contribution in [0, 0.1) is 0 Å². The third-order valence-electron chi connectivity index (χ3n) is 28.9. The summed E-state index contributed by atoms with van der Waals surface area (Å²) >= 11 is 0. The lowest BCUT2D eigenvalue weighted by Gasteiger charge is -2.11. The van der Waals surface area contributed by atoms with E-state index >= 15 is 0 Å². The van der Waals surface area contributed by atoms with E-state index < -0.39 is 0 Å². The Morgan fingerprint density at radius 3 is 0.752 bits per heavy atom. The van der Waals surface area contributed by atoms with Crippen LogP contribution in [0.4, 0.5) is 0 Å². The molecule has 0 atom stereocenters. The van der Waals surface area contributed by atoms with Crippen molar-refractivity contribution in [1.82, 2.24) is 52.7 Å². The van der Waals surface area contributed by atoms with Gasteiger partial charge in [-0.2, -0.15) is 0 Å². The van der Waals surface area contributed by atoms with Gasteiger partial charge in [0.25, 0.3) is 0 Å². The molecular formula is C138H91N11. The topological polar surface area (TPSA) is 102 Å². The lowest BCUT2D eigenvalue weighted by Crippen LogP contribution is -2.01. The molecule has 0 saturated heterocycles. The summed E-state index contributed by atoms with van der Waals surface area (Å²) in [6, 6.07) is 189. The van der Waals surface area contributed by atoms with E-state index in [2.05, 4.69) is 525 Å². The molecule has 0 fully saturated rings. The summed E-state index contributed by atoms with van der Waals surface area (Å²) in [6.45, 7) is 0. The van der Waals surface area contributed by atoms with Gasteiger partial charge in [-0.25, -0.2) is 29.9 Å². The molecule has 0 spiro atoms. The maximum atomic E-state index is 5.11. The molecule has 29 aromatic rings. The smallest absolute Gasteiger partial charge is 0.235 e. The second-order valence-corrected chi connectivity index (χ2v) is 37.7. The minimum absolute atomic E-state index is 0.656. The second kappa shape index (κ2) is 37.9. The van der Waals surface area contributed by atoms with Crippen LogP contribution in [0.3, 0.4) is 0 Å². The van der Waals surface area contributed by atoms with Gasteiger partial charge < -0.3 is 18.3 Å². The van der Waals surface area contributed by atoms with Gasteiger partial charge in [-0.15, -0.1) is 0 Å². The summed E-state index contributed by atoms with van der Waals surface area (Å²) in [7, 11) is 0. The number of hydrogen-bond acceptors (Lipinski definition) is 6. The monoisotopic (exact) mass is 1900 g/mol. The lowest BCUT2D eigenvalue weighted by atomic mass is 9.98. The molecule has 0 radical (unpaired) electrons. The van der Waals surface area contributed by atoms with E-state index in [-0.39, 0.29) is 0 Å². The van der Waals surface area contributed by atoms with E-state index in [4.69, 9.17) is 24.9 Å². The number of aromatic nitrogens is 11. The molecule has 0 aliphatic heterocycles. The number of hydrogen-bond donors (Lipinski definition) is 0. The number of rotatable bonds is 16. The largest absolute Gasteiger partial charge is 0.309 e. The van der Waals surface area contributed by atoms with Gasteiger partial charge in [0.05, 0.1) is 72.2 Å². The summed E-state index contributed by atoms with van der Waals surface area (Å²) in [4.78, 5) is 29.3. The molecule has 0 aliphatic rings. The highest BCUT2D eigenvalue weighted by molar-refractivity contribution is 6.16. The van der Waals surface area contributed by atoms with Gasteiger partial charge in [-0.1, -0.05) is 364 Å². The number of benzene rings is 21. The highest BCUT2D eigenvalue weighted by Gasteiger charge is 2.23. The van der Waals surface area contributed by atoms with E-state index in [0.717, 1.165) is 95.3 Å². The normalized spacial score (nSPS) is 11.5. The lowest BCUT2D eigenvalue weighted by molar-refractivity contribution is 0.992. The van der Waals surface area contributed by atoms with Crippen LogP contribution in [0.25, 0.3) is 261 Å². The predicted octanol–water partition coefficient (Wildman–Crippen LogP) is 35.3. The molecule has 698 valence electrons. The Bertz CT molecular complexity index is 10100. The van der Waals surface area contributed by atoms with Crippen LogP contribution in [-0.2, 0) is 0 Å². The molecule has 0 saturated carbocycles. The Hall–Kier alpha value is -20.1. The molecule has 11 nitrogen and oxygen atoms in total. The van der Waals surface area contributed by atoms with Crippen molar-refractivity contribution in [3.63, 3.8) is 0 Å². The van der Waals surface area contributed by atoms with Crippen molar-refractivity contribution in [3.8, 4) is 152 Å². The molecule has 29 rings (SSSR count). The maximum absolute atomic E-state index is 5.11. The Morgan fingerprint density at radius 2 is 0.356 bits per heavy atom. The molecule has 0 N–H and O–H groups in total. The first-order chi connectivity index (χ1) is 73.9. The minimum Gasteiger partial charge on any atom is -0.309 e. The van der Waals surface area contributed by atoms with Crippen molar-refractivity contribution >= 4 is 109 Å². The van der Waals surface area contributed by atoms with Gasteiger partial charge in [0.1, 0.15) is 0 Å². The van der Waals surface area contributed by atoms with Crippen molar-refractivity contribution in [2.45, 2.75) is 0 Å². The van der Waals surface area contributed by atoms with Crippen molar-refractivity contribution in [3.05, 3.63) is 552 Å². The number of para-hydroxylation sites is 8. The third-order valence-corrected chi connectivity index (χ3v) is 28.9. The Balaban J connectivity index is 0.000000111. The highest BCUT2D eigenvalue weighted by Crippen LogP contribution is 2.44. The maximum Gasteiger partial charge on any atom is 0.235 e. The van der Waals surface area contributed by atoms with Gasteiger partial charge in [-0.3, -0.25) is 4.57 Å². The summed E-state index contributed by atoms with van der Waals surface area (Å²) < 4.78 is 11.6. The average Bonchev–Trinajstić information content (AvgIpc) is 1.44. The molecule has 0 aliphatic carbocycles. The zero-order chi connectivity index (χ0) is 98.6. The third kappa shape index (κ3) is 16.4.